The molecule has 0 bridgehead atoms. The first kappa shape index (κ1) is 23.6. The number of likely N-dealkylation sites (tertiary alicyclic amines) is 1. The van der Waals surface area contributed by atoms with Gasteiger partial charge in [-0.25, -0.2) is 9.18 Å². The molecule has 0 aliphatic carbocycles. The second-order valence-electron chi connectivity index (χ2n) is 8.31. The third kappa shape index (κ3) is 6.97. The topological polar surface area (TPSA) is 70.7 Å². The average molecular weight is 442 g/mol. The van der Waals surface area contributed by atoms with Gasteiger partial charge in [0.15, 0.2) is 0 Å². The number of amides is 3. The van der Waals surface area contributed by atoms with Crippen LogP contribution in [0.5, 0.6) is 5.75 Å². The summed E-state index contributed by atoms with van der Waals surface area (Å²) in [5.74, 6) is 1.01. The Labute approximate surface area is 189 Å². The van der Waals surface area contributed by atoms with E-state index < -0.39 is 0 Å². The van der Waals surface area contributed by atoms with Gasteiger partial charge in [-0.05, 0) is 73.9 Å². The number of ether oxygens (including phenoxy) is 1. The zero-order valence-corrected chi connectivity index (χ0v) is 18.8. The highest BCUT2D eigenvalue weighted by molar-refractivity contribution is 5.89. The first-order valence-corrected chi connectivity index (χ1v) is 11.2. The van der Waals surface area contributed by atoms with Crippen LogP contribution >= 0.6 is 0 Å². The predicted octanol–water partition coefficient (Wildman–Crippen LogP) is 4.53. The molecule has 1 fully saturated rings. The Morgan fingerprint density at radius 3 is 2.66 bits per heavy atom. The Morgan fingerprint density at radius 1 is 1.16 bits per heavy atom. The molecule has 2 N–H and O–H groups in total. The Bertz CT molecular complexity index is 926. The summed E-state index contributed by atoms with van der Waals surface area (Å²) in [6.07, 6.45) is 3.83. The van der Waals surface area contributed by atoms with Gasteiger partial charge in [-0.2, -0.15) is 0 Å². The number of nitrogens with zero attached hydrogens (tertiary/aromatic N) is 1. The number of anilines is 1. The molecule has 1 saturated heterocycles. The van der Waals surface area contributed by atoms with E-state index in [0.29, 0.717) is 49.6 Å². The molecule has 172 valence electrons. The zero-order chi connectivity index (χ0) is 22.9. The van der Waals surface area contributed by atoms with Crippen molar-refractivity contribution in [3.8, 4) is 5.75 Å². The first-order chi connectivity index (χ1) is 15.4. The maximum Gasteiger partial charge on any atom is 0.321 e. The van der Waals surface area contributed by atoms with Gasteiger partial charge < -0.3 is 20.3 Å². The summed E-state index contributed by atoms with van der Waals surface area (Å²) in [7, 11) is 1.63. The Balaban J connectivity index is 1.32. The van der Waals surface area contributed by atoms with Crippen LogP contribution in [0, 0.1) is 18.7 Å². The lowest BCUT2D eigenvalue weighted by molar-refractivity contribution is -0.121. The standard InChI is InChI=1S/C25H32FN3O3/c1-18-6-8-21(17-23(18)26)28-25(31)29-14-11-19(12-15-29)10-13-27-24(30)9-7-20-4-3-5-22(16-20)32-2/h3-6,8,16-17,19H,7,9-15H2,1-2H3,(H,27,30)(H,28,31). The molecular weight excluding hydrogens is 409 g/mol. The number of halogens is 1. The van der Waals surface area contributed by atoms with Crippen LogP contribution in [0.2, 0.25) is 0 Å². The Hall–Kier alpha value is -3.09. The van der Waals surface area contributed by atoms with E-state index in [1.54, 1.807) is 31.1 Å². The number of nitrogens with one attached hydrogen (secondary N) is 2. The third-order valence-electron chi connectivity index (χ3n) is 5.97. The summed E-state index contributed by atoms with van der Waals surface area (Å²) in [4.78, 5) is 26.3. The molecule has 2 aromatic carbocycles. The van der Waals surface area contributed by atoms with Crippen LogP contribution in [0.1, 0.15) is 36.8 Å². The van der Waals surface area contributed by atoms with Crippen LogP contribution in [0.4, 0.5) is 14.9 Å². The van der Waals surface area contributed by atoms with Crippen LogP contribution in [0.15, 0.2) is 42.5 Å². The molecule has 0 radical (unpaired) electrons. The van der Waals surface area contributed by atoms with Gasteiger partial charge in [-0.3, -0.25) is 4.79 Å². The zero-order valence-electron chi connectivity index (χ0n) is 18.8. The molecule has 3 rings (SSSR count). The molecule has 3 amide bonds. The van der Waals surface area contributed by atoms with Crippen molar-refractivity contribution >= 4 is 17.6 Å². The molecule has 32 heavy (non-hydrogen) atoms. The molecule has 0 saturated carbocycles. The van der Waals surface area contributed by atoms with Crippen molar-refractivity contribution in [2.75, 3.05) is 32.1 Å². The smallest absolute Gasteiger partial charge is 0.321 e. The number of carbonyl (C=O) groups excluding carboxylic acids is 2. The predicted molar refractivity (Wildman–Crippen MR) is 123 cm³/mol. The van der Waals surface area contributed by atoms with Crippen molar-refractivity contribution in [2.24, 2.45) is 5.92 Å². The molecule has 0 aromatic heterocycles. The SMILES string of the molecule is COc1cccc(CCC(=O)NCCC2CCN(C(=O)Nc3ccc(C)c(F)c3)CC2)c1. The van der Waals surface area contributed by atoms with Gasteiger partial charge in [0, 0.05) is 31.7 Å². The van der Waals surface area contributed by atoms with Crippen LogP contribution in [-0.2, 0) is 11.2 Å². The van der Waals surface area contributed by atoms with Crippen molar-refractivity contribution in [1.82, 2.24) is 10.2 Å². The highest BCUT2D eigenvalue weighted by Crippen LogP contribution is 2.21. The molecule has 7 heteroatoms. The number of hydrogen-bond donors (Lipinski definition) is 2. The summed E-state index contributed by atoms with van der Waals surface area (Å²) in [5.41, 5.74) is 2.10. The largest absolute Gasteiger partial charge is 0.497 e. The van der Waals surface area contributed by atoms with Gasteiger partial charge in [-0.15, -0.1) is 0 Å². The monoisotopic (exact) mass is 441 g/mol. The second kappa shape index (κ2) is 11.5. The van der Waals surface area contributed by atoms with Crippen LogP contribution < -0.4 is 15.4 Å². The minimum atomic E-state index is -0.327. The fraction of sp³-hybridized carbons (Fsp3) is 0.440. The normalized spacial score (nSPS) is 14.2. The number of rotatable bonds is 8. The molecule has 1 aliphatic rings. The van der Waals surface area contributed by atoms with Crippen LogP contribution in [-0.4, -0.2) is 43.6 Å². The highest BCUT2D eigenvalue weighted by Gasteiger charge is 2.23. The first-order valence-electron chi connectivity index (χ1n) is 11.2. The number of benzene rings is 2. The maximum absolute atomic E-state index is 13.7. The van der Waals surface area contributed by atoms with Crippen molar-refractivity contribution in [2.45, 2.75) is 39.0 Å². The van der Waals surface area contributed by atoms with E-state index in [0.717, 1.165) is 30.6 Å². The number of methoxy groups -OCH3 is 1. The van der Waals surface area contributed by atoms with E-state index in [-0.39, 0.29) is 17.8 Å². The minimum absolute atomic E-state index is 0.0509. The fourth-order valence-corrected chi connectivity index (χ4v) is 3.89. The maximum atomic E-state index is 13.7. The number of hydrogen-bond acceptors (Lipinski definition) is 3. The number of piperidine rings is 1. The number of urea groups is 1. The van der Waals surface area contributed by atoms with E-state index in [9.17, 15) is 14.0 Å². The van der Waals surface area contributed by atoms with Crippen LogP contribution in [0.25, 0.3) is 0 Å². The summed E-state index contributed by atoms with van der Waals surface area (Å²) in [6, 6.07) is 12.3. The molecule has 0 atom stereocenters. The quantitative estimate of drug-likeness (QED) is 0.633. The lowest BCUT2D eigenvalue weighted by atomic mass is 9.93. The molecular formula is C25H32FN3O3. The summed E-state index contributed by atoms with van der Waals surface area (Å²) in [6.45, 7) is 3.66. The Morgan fingerprint density at radius 2 is 1.94 bits per heavy atom. The summed E-state index contributed by atoms with van der Waals surface area (Å²) < 4.78 is 18.9. The van der Waals surface area contributed by atoms with E-state index in [2.05, 4.69) is 10.6 Å². The van der Waals surface area contributed by atoms with Crippen molar-refractivity contribution in [3.05, 3.63) is 59.4 Å². The summed E-state index contributed by atoms with van der Waals surface area (Å²) >= 11 is 0. The van der Waals surface area contributed by atoms with Crippen molar-refractivity contribution in [3.63, 3.8) is 0 Å². The lowest BCUT2D eigenvalue weighted by Crippen LogP contribution is -2.41. The second-order valence-corrected chi connectivity index (χ2v) is 8.31. The highest BCUT2D eigenvalue weighted by atomic mass is 19.1. The molecule has 0 spiro atoms. The van der Waals surface area contributed by atoms with E-state index in [1.165, 1.54) is 6.07 Å². The molecule has 1 heterocycles. The van der Waals surface area contributed by atoms with E-state index in [1.807, 2.05) is 24.3 Å². The average Bonchev–Trinajstić information content (AvgIpc) is 2.80. The minimum Gasteiger partial charge on any atom is -0.497 e. The third-order valence-corrected chi connectivity index (χ3v) is 5.97. The number of aryl methyl sites for hydroxylation is 2. The number of carbonyl (C=O) groups is 2. The van der Waals surface area contributed by atoms with Gasteiger partial charge in [0.25, 0.3) is 0 Å². The van der Waals surface area contributed by atoms with Crippen molar-refractivity contribution < 1.29 is 18.7 Å². The van der Waals surface area contributed by atoms with E-state index >= 15 is 0 Å². The van der Waals surface area contributed by atoms with Gasteiger partial charge in [-0.1, -0.05) is 18.2 Å². The van der Waals surface area contributed by atoms with Gasteiger partial charge in [0.05, 0.1) is 7.11 Å². The van der Waals surface area contributed by atoms with Crippen LogP contribution in [0.3, 0.4) is 0 Å². The summed E-state index contributed by atoms with van der Waals surface area (Å²) in [5, 5.41) is 5.78. The van der Waals surface area contributed by atoms with E-state index in [4.69, 9.17) is 4.74 Å². The van der Waals surface area contributed by atoms with Gasteiger partial charge >= 0.3 is 6.03 Å². The van der Waals surface area contributed by atoms with Gasteiger partial charge in [0.2, 0.25) is 5.91 Å². The van der Waals surface area contributed by atoms with Crippen molar-refractivity contribution in [1.29, 1.82) is 0 Å². The molecule has 0 unspecified atom stereocenters. The fourth-order valence-electron chi connectivity index (χ4n) is 3.89. The molecule has 6 nitrogen and oxygen atoms in total. The Kier molecular flexibility index (Phi) is 8.48. The van der Waals surface area contributed by atoms with Gasteiger partial charge in [0.1, 0.15) is 11.6 Å². The molecule has 2 aromatic rings. The molecule has 1 aliphatic heterocycles. The lowest BCUT2D eigenvalue weighted by Gasteiger charge is -2.32.